The number of hydrogen-bond acceptors (Lipinski definition) is 7. The van der Waals surface area contributed by atoms with Crippen LogP contribution in [0.2, 0.25) is 0 Å². The molecule has 2 atom stereocenters. The molecule has 0 unspecified atom stereocenters. The summed E-state index contributed by atoms with van der Waals surface area (Å²) in [5.41, 5.74) is 0.835. The molecule has 3 aliphatic rings. The second-order valence-electron chi connectivity index (χ2n) is 10.1. The number of benzene rings is 3. The van der Waals surface area contributed by atoms with Crippen LogP contribution in [-0.4, -0.2) is 41.0 Å². The summed E-state index contributed by atoms with van der Waals surface area (Å²) in [7, 11) is 0. The smallest absolute Gasteiger partial charge is 0.485 e. The highest BCUT2D eigenvalue weighted by Crippen LogP contribution is 2.53. The van der Waals surface area contributed by atoms with E-state index in [0.29, 0.717) is 35.3 Å². The van der Waals surface area contributed by atoms with Gasteiger partial charge in [0.15, 0.2) is 18.1 Å². The van der Waals surface area contributed by atoms with Crippen molar-refractivity contribution in [3.63, 3.8) is 0 Å². The molecule has 3 aromatic carbocycles. The third kappa shape index (κ3) is 5.08. The Kier molecular flexibility index (Phi) is 6.20. The summed E-state index contributed by atoms with van der Waals surface area (Å²) in [6.45, 7) is -0.562. The zero-order valence-corrected chi connectivity index (χ0v) is 21.3. The quantitative estimate of drug-likeness (QED) is 0.357. The largest absolute Gasteiger partial charge is 0.586 e. The number of hydrogen-bond donors (Lipinski definition) is 3. The average molecular weight is 567 g/mol. The summed E-state index contributed by atoms with van der Waals surface area (Å²) in [6, 6.07) is 14.8. The number of carbonyl (C=O) groups excluding carboxylic acids is 1. The molecule has 0 radical (unpaired) electrons. The van der Waals surface area contributed by atoms with Crippen molar-refractivity contribution in [1.82, 2.24) is 5.32 Å². The zero-order valence-electron chi connectivity index (χ0n) is 21.3. The summed E-state index contributed by atoms with van der Waals surface area (Å²) in [5.74, 6) is -2.24. The van der Waals surface area contributed by atoms with Gasteiger partial charge < -0.3 is 34.5 Å². The fourth-order valence-corrected chi connectivity index (χ4v) is 5.21. The van der Waals surface area contributed by atoms with Crippen LogP contribution >= 0.6 is 0 Å². The molecule has 12 heteroatoms. The summed E-state index contributed by atoms with van der Waals surface area (Å²) < 4.78 is 47.6. The monoisotopic (exact) mass is 567 g/mol. The Bertz CT molecular complexity index is 1570. The van der Waals surface area contributed by atoms with Gasteiger partial charge in [-0.25, -0.2) is 9.59 Å². The molecule has 0 spiro atoms. The minimum Gasteiger partial charge on any atom is -0.485 e. The molecular formula is C29H23F2NO9. The number of carbonyl (C=O) groups is 3. The minimum atomic E-state index is -3.77. The van der Waals surface area contributed by atoms with Gasteiger partial charge in [0.1, 0.15) is 17.6 Å². The molecule has 1 aliphatic carbocycles. The number of rotatable bonds is 8. The molecule has 2 heterocycles. The molecule has 1 saturated carbocycles. The molecule has 3 aromatic rings. The number of carboxylic acids is 2. The predicted molar refractivity (Wildman–Crippen MR) is 135 cm³/mol. The standard InChI is InChI=1S/C29H23F2NO9/c30-29(31)40-21-7-4-17(11-24(21)41-29)28(8-9-28)27(37)32-20-13-22(15-2-1-3-16(10-15)26(35)36)39-23-12-18(5-6-19(20)23)38-14-25(33)34/h1-7,10-12,20,22H,8-9,13-14H2,(H,32,37)(H,33,34)(H,35,36)/t20-,22-/m1/s1. The Morgan fingerprint density at radius 2 is 1.73 bits per heavy atom. The molecule has 0 bridgehead atoms. The Morgan fingerprint density at radius 3 is 2.46 bits per heavy atom. The number of alkyl halides is 2. The molecule has 1 fully saturated rings. The molecule has 3 N–H and O–H groups in total. The number of fused-ring (bicyclic) bond motifs is 2. The lowest BCUT2D eigenvalue weighted by Gasteiger charge is -2.34. The van der Waals surface area contributed by atoms with E-state index in [9.17, 15) is 28.3 Å². The predicted octanol–water partition coefficient (Wildman–Crippen LogP) is 4.58. The fourth-order valence-electron chi connectivity index (χ4n) is 5.21. The summed E-state index contributed by atoms with van der Waals surface area (Å²) >= 11 is 0. The highest BCUT2D eigenvalue weighted by atomic mass is 19.3. The van der Waals surface area contributed by atoms with Crippen molar-refractivity contribution >= 4 is 17.8 Å². The maximum Gasteiger partial charge on any atom is 0.586 e. The number of halogens is 2. The van der Waals surface area contributed by atoms with Gasteiger partial charge in [0.05, 0.1) is 17.0 Å². The first-order valence-corrected chi connectivity index (χ1v) is 12.7. The number of aliphatic carboxylic acids is 1. The van der Waals surface area contributed by atoms with E-state index in [0.717, 1.165) is 0 Å². The van der Waals surface area contributed by atoms with Crippen molar-refractivity contribution in [2.24, 2.45) is 0 Å². The van der Waals surface area contributed by atoms with E-state index in [4.69, 9.17) is 14.6 Å². The molecule has 41 heavy (non-hydrogen) atoms. The van der Waals surface area contributed by atoms with Crippen LogP contribution in [0, 0.1) is 0 Å². The number of nitrogens with one attached hydrogen (secondary N) is 1. The number of amides is 1. The van der Waals surface area contributed by atoms with Gasteiger partial charge in [-0.2, -0.15) is 0 Å². The van der Waals surface area contributed by atoms with Gasteiger partial charge in [-0.3, -0.25) is 4.79 Å². The third-order valence-electron chi connectivity index (χ3n) is 7.39. The van der Waals surface area contributed by atoms with E-state index >= 15 is 0 Å². The first-order valence-electron chi connectivity index (χ1n) is 12.7. The normalized spacial score (nSPS) is 20.7. The lowest BCUT2D eigenvalue weighted by Crippen LogP contribution is -2.39. The average Bonchev–Trinajstić information content (AvgIpc) is 3.68. The highest BCUT2D eigenvalue weighted by Gasteiger charge is 2.53. The Hall–Kier alpha value is -4.87. The highest BCUT2D eigenvalue weighted by molar-refractivity contribution is 5.92. The maximum absolute atomic E-state index is 13.7. The molecule has 1 amide bonds. The van der Waals surface area contributed by atoms with Gasteiger partial charge in [-0.15, -0.1) is 8.78 Å². The molecule has 6 rings (SSSR count). The second-order valence-corrected chi connectivity index (χ2v) is 10.1. The van der Waals surface area contributed by atoms with Gasteiger partial charge in [0.2, 0.25) is 5.91 Å². The van der Waals surface area contributed by atoms with Crippen LogP contribution in [0.5, 0.6) is 23.0 Å². The van der Waals surface area contributed by atoms with Crippen LogP contribution < -0.4 is 24.3 Å². The molecular weight excluding hydrogens is 544 g/mol. The molecule has 10 nitrogen and oxygen atoms in total. The van der Waals surface area contributed by atoms with Gasteiger partial charge in [0, 0.05) is 18.1 Å². The SMILES string of the molecule is O=C(O)COc1ccc2c(c1)O[C@@H](c1cccc(C(=O)O)c1)C[C@H]2NC(=O)C1(c2ccc3c(c2)OC(F)(F)O3)CC1. The van der Waals surface area contributed by atoms with Crippen LogP contribution in [0.15, 0.2) is 60.7 Å². The summed E-state index contributed by atoms with van der Waals surface area (Å²) in [6.07, 6.45) is -3.16. The number of carboxylic acid groups (broad SMARTS) is 2. The number of ether oxygens (including phenoxy) is 4. The van der Waals surface area contributed by atoms with Gasteiger partial charge >= 0.3 is 18.2 Å². The Balaban J connectivity index is 1.29. The van der Waals surface area contributed by atoms with Crippen molar-refractivity contribution in [2.45, 2.75) is 43.1 Å². The van der Waals surface area contributed by atoms with E-state index in [2.05, 4.69) is 14.8 Å². The summed E-state index contributed by atoms with van der Waals surface area (Å²) in [5, 5.41) is 21.5. The Labute approximate surface area is 231 Å². The van der Waals surface area contributed by atoms with Crippen molar-refractivity contribution in [3.8, 4) is 23.0 Å². The third-order valence-corrected chi connectivity index (χ3v) is 7.39. The van der Waals surface area contributed by atoms with Crippen LogP contribution in [-0.2, 0) is 15.0 Å². The van der Waals surface area contributed by atoms with Crippen LogP contribution in [0.3, 0.4) is 0 Å². The van der Waals surface area contributed by atoms with Crippen molar-refractivity contribution in [1.29, 1.82) is 0 Å². The number of aromatic carboxylic acids is 1. The van der Waals surface area contributed by atoms with Gasteiger partial charge in [0.25, 0.3) is 0 Å². The zero-order chi connectivity index (χ0) is 28.9. The lowest BCUT2D eigenvalue weighted by molar-refractivity contribution is -0.286. The van der Waals surface area contributed by atoms with Crippen molar-refractivity contribution in [2.75, 3.05) is 6.61 Å². The molecule has 212 valence electrons. The van der Waals surface area contributed by atoms with Gasteiger partial charge in [-0.05, 0) is 60.4 Å². The van der Waals surface area contributed by atoms with Crippen LogP contribution in [0.4, 0.5) is 8.78 Å². The van der Waals surface area contributed by atoms with Crippen molar-refractivity contribution < 1.29 is 52.3 Å². The molecule has 0 saturated heterocycles. The topological polar surface area (TPSA) is 141 Å². The summed E-state index contributed by atoms with van der Waals surface area (Å²) in [4.78, 5) is 36.2. The Morgan fingerprint density at radius 1 is 0.951 bits per heavy atom. The van der Waals surface area contributed by atoms with E-state index in [1.54, 1.807) is 30.3 Å². The van der Waals surface area contributed by atoms with E-state index in [-0.39, 0.29) is 35.1 Å². The second kappa shape index (κ2) is 9.65. The minimum absolute atomic E-state index is 0.0707. The van der Waals surface area contributed by atoms with E-state index < -0.39 is 42.4 Å². The first kappa shape index (κ1) is 26.4. The van der Waals surface area contributed by atoms with Gasteiger partial charge in [-0.1, -0.05) is 18.2 Å². The maximum atomic E-state index is 13.7. The molecule has 0 aromatic heterocycles. The lowest BCUT2D eigenvalue weighted by atomic mass is 9.90. The van der Waals surface area contributed by atoms with Crippen molar-refractivity contribution in [3.05, 3.63) is 82.9 Å². The first-order chi connectivity index (χ1) is 19.5. The molecule has 2 aliphatic heterocycles. The van der Waals surface area contributed by atoms with E-state index in [1.807, 2.05) is 0 Å². The fraction of sp³-hybridized carbons (Fsp3) is 0.276. The van der Waals surface area contributed by atoms with E-state index in [1.165, 1.54) is 30.3 Å². The van der Waals surface area contributed by atoms with Crippen LogP contribution in [0.25, 0.3) is 0 Å². The van der Waals surface area contributed by atoms with Crippen LogP contribution in [0.1, 0.15) is 58.5 Å².